The van der Waals surface area contributed by atoms with Crippen molar-refractivity contribution >= 4 is 10.0 Å². The Morgan fingerprint density at radius 2 is 2.15 bits per heavy atom. The van der Waals surface area contributed by atoms with Crippen LogP contribution in [0.2, 0.25) is 0 Å². The summed E-state index contributed by atoms with van der Waals surface area (Å²) in [5, 5.41) is 10.9. The molecule has 0 aliphatic carbocycles. The number of nitrogens with zero attached hydrogens (tertiary/aromatic N) is 4. The Bertz CT molecular complexity index is 509. The summed E-state index contributed by atoms with van der Waals surface area (Å²) in [6.07, 6.45) is 1.60. The highest BCUT2D eigenvalue weighted by Crippen LogP contribution is 1.98. The van der Waals surface area contributed by atoms with Gasteiger partial charge in [0.15, 0.2) is 0 Å². The fourth-order valence-corrected chi connectivity index (χ4v) is 3.10. The van der Waals surface area contributed by atoms with Gasteiger partial charge in [-0.25, -0.2) is 13.1 Å². The van der Waals surface area contributed by atoms with Crippen LogP contribution in [0.15, 0.2) is 6.33 Å². The number of hydrogen-bond acceptors (Lipinski definition) is 6. The first kappa shape index (κ1) is 15.4. The van der Waals surface area contributed by atoms with Crippen molar-refractivity contribution in [1.82, 2.24) is 29.7 Å². The minimum absolute atomic E-state index is 0.118. The second-order valence-electron chi connectivity index (χ2n) is 4.76. The fraction of sp³-hybridized carbons (Fsp3) is 0.818. The van der Waals surface area contributed by atoms with Gasteiger partial charge in [0.25, 0.3) is 0 Å². The third-order valence-electron chi connectivity index (χ3n) is 3.37. The van der Waals surface area contributed by atoms with Gasteiger partial charge < -0.3 is 9.88 Å². The molecule has 2 N–H and O–H groups in total. The molecule has 114 valence electrons. The number of aryl methyl sites for hydroxylation is 1. The molecule has 0 radical (unpaired) electrons. The smallest absolute Gasteiger partial charge is 0.213 e. The van der Waals surface area contributed by atoms with Gasteiger partial charge in [-0.05, 0) is 6.92 Å². The van der Waals surface area contributed by atoms with E-state index in [1.807, 2.05) is 11.5 Å². The highest BCUT2D eigenvalue weighted by molar-refractivity contribution is 7.89. The van der Waals surface area contributed by atoms with Gasteiger partial charge in [-0.15, -0.1) is 10.2 Å². The van der Waals surface area contributed by atoms with Crippen molar-refractivity contribution in [3.05, 3.63) is 12.2 Å². The zero-order valence-electron chi connectivity index (χ0n) is 11.7. The van der Waals surface area contributed by atoms with E-state index in [0.717, 1.165) is 32.7 Å². The lowest BCUT2D eigenvalue weighted by Gasteiger charge is -2.26. The molecule has 1 aliphatic rings. The van der Waals surface area contributed by atoms with Crippen LogP contribution in [-0.2, 0) is 23.1 Å². The van der Waals surface area contributed by atoms with E-state index < -0.39 is 10.0 Å². The first-order chi connectivity index (χ1) is 9.61. The Labute approximate surface area is 119 Å². The first-order valence-electron chi connectivity index (χ1n) is 6.88. The number of sulfonamides is 1. The lowest BCUT2D eigenvalue weighted by Crippen LogP contribution is -2.45. The van der Waals surface area contributed by atoms with E-state index in [1.54, 1.807) is 6.33 Å². The molecule has 2 rings (SSSR count). The van der Waals surface area contributed by atoms with E-state index in [4.69, 9.17) is 0 Å². The largest absolute Gasteiger partial charge is 0.317 e. The molecule has 8 nitrogen and oxygen atoms in total. The van der Waals surface area contributed by atoms with Crippen LogP contribution in [-0.4, -0.2) is 66.6 Å². The molecule has 20 heavy (non-hydrogen) atoms. The van der Waals surface area contributed by atoms with E-state index in [1.165, 1.54) is 0 Å². The molecule has 0 bridgehead atoms. The SMILES string of the molecule is CCn1cnnc1CNS(=O)(=O)CCN1CCNCC1. The molecule has 0 saturated carbocycles. The van der Waals surface area contributed by atoms with E-state index in [9.17, 15) is 8.42 Å². The summed E-state index contributed by atoms with van der Waals surface area (Å²) < 4.78 is 28.3. The summed E-state index contributed by atoms with van der Waals surface area (Å²) in [5.41, 5.74) is 0. The summed E-state index contributed by atoms with van der Waals surface area (Å²) in [6, 6.07) is 0. The fourth-order valence-electron chi connectivity index (χ4n) is 2.11. The molecule has 1 fully saturated rings. The standard InChI is InChI=1S/C11H22N6O2S/c1-2-17-10-13-15-11(17)9-14-20(18,19)8-7-16-5-3-12-4-6-16/h10,12,14H,2-9H2,1H3. The lowest BCUT2D eigenvalue weighted by atomic mass is 10.4. The molecule has 1 aromatic rings. The molecule has 0 amide bonds. The van der Waals surface area contributed by atoms with Crippen molar-refractivity contribution in [2.45, 2.75) is 20.0 Å². The second kappa shape index (κ2) is 7.11. The predicted molar refractivity (Wildman–Crippen MR) is 75.6 cm³/mol. The maximum absolute atomic E-state index is 12.0. The van der Waals surface area contributed by atoms with E-state index in [0.29, 0.717) is 12.4 Å². The molecule has 9 heteroatoms. The lowest BCUT2D eigenvalue weighted by molar-refractivity contribution is 0.253. The summed E-state index contributed by atoms with van der Waals surface area (Å²) >= 11 is 0. The van der Waals surface area contributed by atoms with Crippen molar-refractivity contribution in [1.29, 1.82) is 0 Å². The minimum atomic E-state index is -3.28. The van der Waals surface area contributed by atoms with E-state index in [-0.39, 0.29) is 12.3 Å². The van der Waals surface area contributed by atoms with Crippen molar-refractivity contribution in [3.63, 3.8) is 0 Å². The van der Waals surface area contributed by atoms with Crippen molar-refractivity contribution in [2.24, 2.45) is 0 Å². The van der Waals surface area contributed by atoms with Gasteiger partial charge in [0.05, 0.1) is 12.3 Å². The molecule has 0 unspecified atom stereocenters. The molecule has 1 saturated heterocycles. The molecule has 2 heterocycles. The highest BCUT2D eigenvalue weighted by Gasteiger charge is 2.16. The third kappa shape index (κ3) is 4.51. The first-order valence-corrected chi connectivity index (χ1v) is 8.53. The van der Waals surface area contributed by atoms with Crippen LogP contribution in [0.3, 0.4) is 0 Å². The predicted octanol–water partition coefficient (Wildman–Crippen LogP) is -1.38. The Morgan fingerprint density at radius 3 is 2.85 bits per heavy atom. The number of rotatable bonds is 7. The molecule has 0 atom stereocenters. The summed E-state index contributed by atoms with van der Waals surface area (Å²) in [7, 11) is -3.28. The van der Waals surface area contributed by atoms with Gasteiger partial charge in [0.2, 0.25) is 10.0 Å². The Kier molecular flexibility index (Phi) is 5.46. The van der Waals surface area contributed by atoms with Crippen LogP contribution >= 0.6 is 0 Å². The molecular formula is C11H22N6O2S. The molecule has 1 aliphatic heterocycles. The van der Waals surface area contributed by atoms with Crippen molar-refractivity contribution in [3.8, 4) is 0 Å². The third-order valence-corrected chi connectivity index (χ3v) is 4.68. The average molecular weight is 302 g/mol. The Balaban J connectivity index is 1.78. The van der Waals surface area contributed by atoms with Gasteiger partial charge in [-0.2, -0.15) is 0 Å². The van der Waals surface area contributed by atoms with Gasteiger partial charge in [-0.3, -0.25) is 4.90 Å². The monoisotopic (exact) mass is 302 g/mol. The molecule has 1 aromatic heterocycles. The number of nitrogens with one attached hydrogen (secondary N) is 2. The van der Waals surface area contributed by atoms with Crippen LogP contribution in [0.25, 0.3) is 0 Å². The normalized spacial score (nSPS) is 17.4. The van der Waals surface area contributed by atoms with Crippen LogP contribution in [0, 0.1) is 0 Å². The second-order valence-corrected chi connectivity index (χ2v) is 6.69. The summed E-state index contributed by atoms with van der Waals surface area (Å²) in [4.78, 5) is 2.16. The summed E-state index contributed by atoms with van der Waals surface area (Å²) in [6.45, 7) is 7.10. The van der Waals surface area contributed by atoms with Gasteiger partial charge in [0, 0.05) is 39.3 Å². The van der Waals surface area contributed by atoms with Crippen LogP contribution in [0.1, 0.15) is 12.7 Å². The van der Waals surface area contributed by atoms with E-state index >= 15 is 0 Å². The molecular weight excluding hydrogens is 280 g/mol. The van der Waals surface area contributed by atoms with Gasteiger partial charge >= 0.3 is 0 Å². The Hall–Kier alpha value is -1.03. The van der Waals surface area contributed by atoms with Crippen LogP contribution < -0.4 is 10.0 Å². The van der Waals surface area contributed by atoms with Gasteiger partial charge in [0.1, 0.15) is 12.2 Å². The van der Waals surface area contributed by atoms with Gasteiger partial charge in [-0.1, -0.05) is 0 Å². The molecule has 0 spiro atoms. The number of piperazine rings is 1. The quantitative estimate of drug-likeness (QED) is 0.645. The molecule has 0 aromatic carbocycles. The zero-order chi connectivity index (χ0) is 14.4. The number of aromatic nitrogens is 3. The minimum Gasteiger partial charge on any atom is -0.317 e. The Morgan fingerprint density at radius 1 is 1.40 bits per heavy atom. The van der Waals surface area contributed by atoms with Crippen LogP contribution in [0.5, 0.6) is 0 Å². The van der Waals surface area contributed by atoms with Crippen molar-refractivity contribution < 1.29 is 8.42 Å². The zero-order valence-corrected chi connectivity index (χ0v) is 12.6. The maximum Gasteiger partial charge on any atom is 0.213 e. The van der Waals surface area contributed by atoms with Crippen molar-refractivity contribution in [2.75, 3.05) is 38.5 Å². The van der Waals surface area contributed by atoms with Crippen LogP contribution in [0.4, 0.5) is 0 Å². The average Bonchev–Trinajstić information content (AvgIpc) is 2.92. The maximum atomic E-state index is 12.0. The highest BCUT2D eigenvalue weighted by atomic mass is 32.2. The summed E-state index contributed by atoms with van der Waals surface area (Å²) in [5.74, 6) is 0.756. The topological polar surface area (TPSA) is 92.1 Å². The number of hydrogen-bond donors (Lipinski definition) is 2. The van der Waals surface area contributed by atoms with E-state index in [2.05, 4.69) is 25.1 Å².